The SMILES string of the molecule is Cc1cc(-c2cccc(-c3cc(-c4ccc5c(c4)-c4ccccc4C5(C)C)cc(-c4nc(-c5ccccc5)cc(-c5ccccc5)n4)c3)c2)nc(C)n1. The highest BCUT2D eigenvalue weighted by Gasteiger charge is 2.35. The van der Waals surface area contributed by atoms with Gasteiger partial charge >= 0.3 is 0 Å². The minimum atomic E-state index is -0.0604. The fourth-order valence-corrected chi connectivity index (χ4v) is 7.80. The number of hydrogen-bond donors (Lipinski definition) is 0. The van der Waals surface area contributed by atoms with Gasteiger partial charge in [-0.2, -0.15) is 0 Å². The van der Waals surface area contributed by atoms with Crippen LogP contribution in [-0.4, -0.2) is 19.9 Å². The van der Waals surface area contributed by atoms with Crippen molar-refractivity contribution >= 4 is 0 Å². The van der Waals surface area contributed by atoms with Crippen LogP contribution in [0, 0.1) is 13.8 Å². The van der Waals surface area contributed by atoms with E-state index in [0.29, 0.717) is 5.82 Å². The normalized spacial score (nSPS) is 12.7. The molecule has 1 aliphatic rings. The zero-order valence-corrected chi connectivity index (χ0v) is 30.3. The summed E-state index contributed by atoms with van der Waals surface area (Å²) in [6, 6.07) is 56.0. The van der Waals surface area contributed by atoms with Crippen molar-refractivity contribution in [2.75, 3.05) is 0 Å². The first kappa shape index (κ1) is 32.4. The van der Waals surface area contributed by atoms with E-state index in [-0.39, 0.29) is 5.41 Å². The fourth-order valence-electron chi connectivity index (χ4n) is 7.80. The van der Waals surface area contributed by atoms with Gasteiger partial charge < -0.3 is 0 Å². The average Bonchev–Trinajstić information content (AvgIpc) is 3.43. The molecule has 0 unspecified atom stereocenters. The molecule has 0 saturated heterocycles. The molecule has 0 radical (unpaired) electrons. The molecule has 0 bridgehead atoms. The lowest BCUT2D eigenvalue weighted by molar-refractivity contribution is 0.660. The topological polar surface area (TPSA) is 51.6 Å². The molecule has 0 aliphatic heterocycles. The van der Waals surface area contributed by atoms with Gasteiger partial charge in [0.2, 0.25) is 0 Å². The van der Waals surface area contributed by atoms with Gasteiger partial charge in [0.1, 0.15) is 5.82 Å². The van der Waals surface area contributed by atoms with Gasteiger partial charge in [-0.15, -0.1) is 0 Å². The van der Waals surface area contributed by atoms with E-state index < -0.39 is 0 Å². The molecule has 6 aromatic carbocycles. The highest BCUT2D eigenvalue weighted by molar-refractivity contribution is 5.87. The molecule has 2 heterocycles. The Labute approximate surface area is 311 Å². The summed E-state index contributed by atoms with van der Waals surface area (Å²) < 4.78 is 0. The van der Waals surface area contributed by atoms with Gasteiger partial charge in [-0.05, 0) is 101 Å². The maximum absolute atomic E-state index is 5.23. The highest BCUT2D eigenvalue weighted by atomic mass is 14.9. The van der Waals surface area contributed by atoms with E-state index >= 15 is 0 Å². The van der Waals surface area contributed by atoms with Crippen LogP contribution in [0.4, 0.5) is 0 Å². The van der Waals surface area contributed by atoms with Crippen LogP contribution in [0.25, 0.3) is 78.5 Å². The van der Waals surface area contributed by atoms with Crippen LogP contribution in [0.5, 0.6) is 0 Å². The molecule has 0 N–H and O–H groups in total. The van der Waals surface area contributed by atoms with E-state index in [1.807, 2.05) is 32.0 Å². The van der Waals surface area contributed by atoms with Gasteiger partial charge in [0, 0.05) is 33.4 Å². The molecule has 4 nitrogen and oxygen atoms in total. The second kappa shape index (κ2) is 12.9. The first-order chi connectivity index (χ1) is 25.8. The van der Waals surface area contributed by atoms with Crippen LogP contribution < -0.4 is 0 Å². The summed E-state index contributed by atoms with van der Waals surface area (Å²) in [7, 11) is 0. The quantitative estimate of drug-likeness (QED) is 0.175. The number of rotatable bonds is 6. The third-order valence-corrected chi connectivity index (χ3v) is 10.4. The summed E-state index contributed by atoms with van der Waals surface area (Å²) in [5.74, 6) is 1.44. The number of nitrogens with zero attached hydrogens (tertiary/aromatic N) is 4. The molecule has 0 fully saturated rings. The number of hydrogen-bond acceptors (Lipinski definition) is 4. The zero-order chi connectivity index (χ0) is 36.1. The van der Waals surface area contributed by atoms with Crippen LogP contribution in [0.3, 0.4) is 0 Å². The van der Waals surface area contributed by atoms with Gasteiger partial charge in [0.05, 0.1) is 17.1 Å². The third-order valence-electron chi connectivity index (χ3n) is 10.4. The molecule has 9 rings (SSSR count). The molecule has 4 heteroatoms. The van der Waals surface area contributed by atoms with Gasteiger partial charge in [-0.1, -0.05) is 129 Å². The minimum absolute atomic E-state index is 0.0604. The molecule has 0 spiro atoms. The summed E-state index contributed by atoms with van der Waals surface area (Å²) >= 11 is 0. The number of aromatic nitrogens is 4. The van der Waals surface area contributed by atoms with E-state index in [4.69, 9.17) is 15.0 Å². The van der Waals surface area contributed by atoms with Crippen LogP contribution in [0.2, 0.25) is 0 Å². The lowest BCUT2D eigenvalue weighted by atomic mass is 9.82. The molecule has 8 aromatic rings. The van der Waals surface area contributed by atoms with Crippen molar-refractivity contribution < 1.29 is 0 Å². The van der Waals surface area contributed by atoms with Crippen molar-refractivity contribution in [2.45, 2.75) is 33.1 Å². The molecule has 0 saturated carbocycles. The predicted octanol–water partition coefficient (Wildman–Crippen LogP) is 12.2. The van der Waals surface area contributed by atoms with Crippen molar-refractivity contribution in [3.8, 4) is 78.5 Å². The highest BCUT2D eigenvalue weighted by Crippen LogP contribution is 2.49. The predicted molar refractivity (Wildman–Crippen MR) is 217 cm³/mol. The maximum Gasteiger partial charge on any atom is 0.160 e. The van der Waals surface area contributed by atoms with Crippen LogP contribution in [0.15, 0.2) is 158 Å². The Morgan fingerprint density at radius 3 is 1.57 bits per heavy atom. The van der Waals surface area contributed by atoms with E-state index in [1.54, 1.807) is 0 Å². The number of aryl methyl sites for hydroxylation is 2. The lowest BCUT2D eigenvalue weighted by Gasteiger charge is -2.21. The summed E-state index contributed by atoms with van der Waals surface area (Å²) in [5.41, 5.74) is 17.4. The second-order valence-electron chi connectivity index (χ2n) is 14.4. The van der Waals surface area contributed by atoms with Crippen molar-refractivity contribution in [2.24, 2.45) is 0 Å². The average molecular weight is 683 g/mol. The summed E-state index contributed by atoms with van der Waals surface area (Å²) in [4.78, 5) is 19.8. The van der Waals surface area contributed by atoms with E-state index in [9.17, 15) is 0 Å². The van der Waals surface area contributed by atoms with Crippen LogP contribution in [0.1, 0.15) is 36.5 Å². The maximum atomic E-state index is 5.23. The minimum Gasteiger partial charge on any atom is -0.239 e. The van der Waals surface area contributed by atoms with Crippen molar-refractivity contribution in [1.29, 1.82) is 0 Å². The smallest absolute Gasteiger partial charge is 0.160 e. The number of benzene rings is 6. The Hall–Kier alpha value is -6.52. The molecule has 53 heavy (non-hydrogen) atoms. The monoisotopic (exact) mass is 682 g/mol. The third kappa shape index (κ3) is 6.02. The molecular weight excluding hydrogens is 645 g/mol. The Bertz CT molecular complexity index is 2580. The van der Waals surface area contributed by atoms with Gasteiger partial charge in [-0.3, -0.25) is 0 Å². The fraction of sp³-hybridized carbons (Fsp3) is 0.102. The largest absolute Gasteiger partial charge is 0.239 e. The van der Waals surface area contributed by atoms with E-state index in [2.05, 4.69) is 158 Å². The number of fused-ring (bicyclic) bond motifs is 3. The van der Waals surface area contributed by atoms with Gasteiger partial charge in [0.15, 0.2) is 5.82 Å². The Morgan fingerprint density at radius 1 is 0.358 bits per heavy atom. The zero-order valence-electron chi connectivity index (χ0n) is 30.3. The summed E-state index contributed by atoms with van der Waals surface area (Å²) in [5, 5.41) is 0. The second-order valence-corrected chi connectivity index (χ2v) is 14.4. The van der Waals surface area contributed by atoms with Gasteiger partial charge in [-0.25, -0.2) is 19.9 Å². The standard InChI is InChI=1S/C49H38N4/c1-31-24-45(51-32(2)50-31)37-19-13-18-35(25-37)38-26-39(36-22-23-44-42(29-36)41-20-11-12-21-43(41)49(44,3)4)28-40(27-38)48-52-46(33-14-7-5-8-15-33)30-47(53-48)34-16-9-6-10-17-34/h5-30H,1-4H3. The van der Waals surface area contributed by atoms with Crippen LogP contribution >= 0.6 is 0 Å². The van der Waals surface area contributed by atoms with Crippen molar-refractivity contribution in [3.05, 3.63) is 180 Å². The Balaban J connectivity index is 1.26. The summed E-state index contributed by atoms with van der Waals surface area (Å²) in [6.07, 6.45) is 0. The van der Waals surface area contributed by atoms with Crippen molar-refractivity contribution in [1.82, 2.24) is 19.9 Å². The van der Waals surface area contributed by atoms with E-state index in [1.165, 1.54) is 22.3 Å². The lowest BCUT2D eigenvalue weighted by Crippen LogP contribution is -2.14. The Morgan fingerprint density at radius 2 is 0.887 bits per heavy atom. The molecule has 2 aromatic heterocycles. The first-order valence-corrected chi connectivity index (χ1v) is 18.1. The van der Waals surface area contributed by atoms with E-state index in [0.717, 1.165) is 73.1 Å². The van der Waals surface area contributed by atoms with Crippen molar-refractivity contribution in [3.63, 3.8) is 0 Å². The van der Waals surface area contributed by atoms with Crippen LogP contribution in [-0.2, 0) is 5.41 Å². The molecule has 0 atom stereocenters. The molecule has 1 aliphatic carbocycles. The Kier molecular flexibility index (Phi) is 7.89. The summed E-state index contributed by atoms with van der Waals surface area (Å²) in [6.45, 7) is 8.61. The first-order valence-electron chi connectivity index (χ1n) is 18.1. The molecule has 254 valence electrons. The molecule has 0 amide bonds. The molecular formula is C49H38N4. The van der Waals surface area contributed by atoms with Gasteiger partial charge in [0.25, 0.3) is 0 Å².